The first-order valence-electron chi connectivity index (χ1n) is 14.8. The van der Waals surface area contributed by atoms with E-state index in [2.05, 4.69) is 37.7 Å². The smallest absolute Gasteiger partial charge is 0.352 e. The van der Waals surface area contributed by atoms with E-state index in [4.69, 9.17) is 20.5 Å². The maximum atomic E-state index is 15.0. The number of azide groups is 2. The molecule has 0 amide bonds. The van der Waals surface area contributed by atoms with Gasteiger partial charge in [0, 0.05) is 46.2 Å². The van der Waals surface area contributed by atoms with E-state index in [1.54, 1.807) is 0 Å². The van der Waals surface area contributed by atoms with Gasteiger partial charge in [-0.25, -0.2) is 27.3 Å². The molecule has 0 radical (unpaired) electrons. The number of H-pyrrole nitrogens is 2. The molecule has 2 aliphatic rings. The normalized spacial score (nSPS) is 27.1. The predicted molar refractivity (Wildman–Crippen MR) is 173 cm³/mol. The third-order valence-corrected chi connectivity index (χ3v) is 14.9. The molecule has 2 fully saturated rings. The van der Waals surface area contributed by atoms with Gasteiger partial charge in [-0.05, 0) is 24.9 Å². The van der Waals surface area contributed by atoms with Crippen LogP contribution in [-0.2, 0) is 45.4 Å². The lowest BCUT2D eigenvalue weighted by Crippen LogP contribution is -2.34. The van der Waals surface area contributed by atoms with E-state index < -0.39 is 109 Å². The van der Waals surface area contributed by atoms with Crippen LogP contribution in [0.2, 0.25) is 0 Å². The number of halogens is 2. The van der Waals surface area contributed by atoms with E-state index in [1.165, 1.54) is 13.8 Å². The standard InChI is InChI=1S/C21H28F2N10O18P4/c1-9-3-15(34)26-19(36)32(9)17-5-11(28-30-24)13(48-17)7-46-54(42,43)50-52(38,39)21(22,23)53(40,41)51-55(44,45)47-8-14-12(29-31-25)6-18(49-14)33-10(2)4-16(35)27-20(33)37/h3-4,11-14,17-18H,5-8H2,1-2H3,(H,38,39)(H,40,41)(H,42,43)(H,44,45)(H,26,34,36)(H,27,35,37). The van der Waals surface area contributed by atoms with Crippen LogP contribution in [-0.4, -0.2) is 81.6 Å². The van der Waals surface area contributed by atoms with E-state index in [-0.39, 0.29) is 24.2 Å². The Balaban J connectivity index is 1.42. The third kappa shape index (κ3) is 10.0. The van der Waals surface area contributed by atoms with E-state index >= 15 is 8.78 Å². The molecule has 6 N–H and O–H groups in total. The maximum Gasteiger partial charge on any atom is 0.479 e. The Kier molecular flexibility index (Phi) is 13.2. The first kappa shape index (κ1) is 44.1. The minimum Gasteiger partial charge on any atom is -0.352 e. The molecule has 0 aliphatic carbocycles. The first-order valence-corrected chi connectivity index (χ1v) is 20.9. The summed E-state index contributed by atoms with van der Waals surface area (Å²) in [7, 11) is -26.9. The van der Waals surface area contributed by atoms with Gasteiger partial charge in [-0.3, -0.25) is 46.9 Å². The van der Waals surface area contributed by atoms with Crippen LogP contribution in [0.5, 0.6) is 0 Å². The van der Waals surface area contributed by atoms with Crippen molar-refractivity contribution in [1.82, 2.24) is 19.1 Å². The van der Waals surface area contributed by atoms with Gasteiger partial charge >= 0.3 is 47.6 Å². The zero-order valence-electron chi connectivity index (χ0n) is 27.6. The van der Waals surface area contributed by atoms with Crippen LogP contribution in [0.15, 0.2) is 41.5 Å². The molecule has 28 nitrogen and oxygen atoms in total. The summed E-state index contributed by atoms with van der Waals surface area (Å²) in [6.45, 7) is 0.188. The number of aryl methyl sites for hydroxylation is 2. The number of phosphoric ester groups is 2. The van der Waals surface area contributed by atoms with Gasteiger partial charge in [0.15, 0.2) is 0 Å². The molecule has 304 valence electrons. The van der Waals surface area contributed by atoms with Crippen molar-refractivity contribution >= 4 is 30.8 Å². The molecule has 55 heavy (non-hydrogen) atoms. The Bertz CT molecular complexity index is 2200. The molecule has 0 spiro atoms. The fourth-order valence-corrected chi connectivity index (χ4v) is 11.3. The molecular formula is C21H28F2N10O18P4. The molecule has 4 rings (SSSR count). The summed E-state index contributed by atoms with van der Waals surface area (Å²) in [6, 6.07) is -0.612. The number of nitrogens with zero attached hydrogens (tertiary/aromatic N) is 8. The number of rotatable bonds is 16. The van der Waals surface area contributed by atoms with Crippen molar-refractivity contribution in [2.75, 3.05) is 13.2 Å². The summed E-state index contributed by atoms with van der Waals surface area (Å²) in [5, 5.41) is 0.571. The minimum atomic E-state index is -7.24. The highest BCUT2D eigenvalue weighted by Crippen LogP contribution is 2.81. The molecule has 34 heteroatoms. The predicted octanol–water partition coefficient (Wildman–Crippen LogP) is 1.82. The first-order chi connectivity index (χ1) is 25.3. The van der Waals surface area contributed by atoms with Crippen LogP contribution in [0.1, 0.15) is 36.7 Å². The number of nitrogens with one attached hydrogen (secondary N) is 2. The highest BCUT2D eigenvalue weighted by molar-refractivity contribution is 7.78. The van der Waals surface area contributed by atoms with Crippen molar-refractivity contribution < 1.29 is 73.8 Å². The van der Waals surface area contributed by atoms with Crippen molar-refractivity contribution in [3.63, 3.8) is 0 Å². The highest BCUT2D eigenvalue weighted by atomic mass is 31.3. The molecule has 2 saturated heterocycles. The molecule has 0 bridgehead atoms. The van der Waals surface area contributed by atoms with Crippen LogP contribution in [0.25, 0.3) is 20.9 Å². The summed E-state index contributed by atoms with van der Waals surface area (Å²) >= 11 is 0. The van der Waals surface area contributed by atoms with Gasteiger partial charge in [0.2, 0.25) is 0 Å². The second-order valence-electron chi connectivity index (χ2n) is 11.4. The maximum absolute atomic E-state index is 15.0. The van der Waals surface area contributed by atoms with Crippen LogP contribution < -0.4 is 22.5 Å². The average molecular weight is 870 g/mol. The zero-order chi connectivity index (χ0) is 41.3. The van der Waals surface area contributed by atoms with Crippen LogP contribution >= 0.6 is 30.8 Å². The Labute approximate surface area is 302 Å². The van der Waals surface area contributed by atoms with Gasteiger partial charge in [-0.2, -0.15) is 8.78 Å². The Morgan fingerprint density at radius 3 is 1.44 bits per heavy atom. The fourth-order valence-electron chi connectivity index (χ4n) is 5.30. The van der Waals surface area contributed by atoms with Crippen molar-refractivity contribution in [3.05, 3.63) is 86.1 Å². The van der Waals surface area contributed by atoms with Crippen LogP contribution in [0.4, 0.5) is 8.78 Å². The molecule has 0 aromatic carbocycles. The monoisotopic (exact) mass is 870 g/mol. The van der Waals surface area contributed by atoms with Gasteiger partial charge < -0.3 is 29.0 Å². The number of hydrogen-bond acceptors (Lipinski definition) is 16. The second kappa shape index (κ2) is 16.5. The Morgan fingerprint density at radius 1 is 0.782 bits per heavy atom. The lowest BCUT2D eigenvalue weighted by molar-refractivity contribution is -0.0280. The molecular weight excluding hydrogens is 842 g/mol. The number of aromatic nitrogens is 4. The fraction of sp³-hybridized carbons (Fsp3) is 0.619. The number of aromatic amines is 2. The zero-order valence-corrected chi connectivity index (χ0v) is 31.2. The molecule has 2 aromatic rings. The van der Waals surface area contributed by atoms with E-state index in [1.807, 2.05) is 9.97 Å². The van der Waals surface area contributed by atoms with Crippen molar-refractivity contribution in [1.29, 1.82) is 0 Å². The SMILES string of the molecule is Cc1cc(=O)[nH]c(=O)n1C1CC(N=[N+]=[N-])C(COP(=O)(O)OP(=O)(O)C(F)(F)P(=O)(O)OP(=O)(O)OCC2OC(n3c(C)cc(=O)[nH]c3=O)CC2N=[N+]=[N-])O1. The summed E-state index contributed by atoms with van der Waals surface area (Å²) in [6.07, 6.45) is -6.39. The highest BCUT2D eigenvalue weighted by Gasteiger charge is 2.70. The quantitative estimate of drug-likeness (QED) is 0.0606. The van der Waals surface area contributed by atoms with Gasteiger partial charge in [-0.15, -0.1) is 0 Å². The second-order valence-corrected chi connectivity index (χ2v) is 18.7. The average Bonchev–Trinajstić information content (AvgIpc) is 3.60. The topological polar surface area (TPSA) is 412 Å². The van der Waals surface area contributed by atoms with Crippen LogP contribution in [0.3, 0.4) is 0 Å². The van der Waals surface area contributed by atoms with E-state index in [0.717, 1.165) is 21.3 Å². The Hall–Kier alpha value is -3.64. The molecule has 0 saturated carbocycles. The lowest BCUT2D eigenvalue weighted by Gasteiger charge is -2.27. The summed E-state index contributed by atoms with van der Waals surface area (Å²) < 4.78 is 109. The third-order valence-electron chi connectivity index (χ3n) is 7.63. The summed E-state index contributed by atoms with van der Waals surface area (Å²) in [4.78, 5) is 96.4. The Morgan fingerprint density at radius 2 is 1.13 bits per heavy atom. The molecule has 4 heterocycles. The number of ether oxygens (including phenoxy) is 2. The number of hydrogen-bond donors (Lipinski definition) is 6. The molecule has 2 aliphatic heterocycles. The van der Waals surface area contributed by atoms with Gasteiger partial charge in [0.1, 0.15) is 12.5 Å². The molecule has 10 unspecified atom stereocenters. The van der Waals surface area contributed by atoms with Gasteiger partial charge in [0.25, 0.3) is 11.1 Å². The number of alkyl halides is 2. The van der Waals surface area contributed by atoms with Crippen molar-refractivity contribution in [2.45, 2.75) is 68.8 Å². The molecule has 10 atom stereocenters. The molecule has 2 aromatic heterocycles. The largest absolute Gasteiger partial charge is 0.479 e. The number of phosphoric acid groups is 2. The van der Waals surface area contributed by atoms with E-state index in [9.17, 15) is 57.0 Å². The van der Waals surface area contributed by atoms with Crippen molar-refractivity contribution in [3.8, 4) is 0 Å². The van der Waals surface area contributed by atoms with Crippen molar-refractivity contribution in [2.24, 2.45) is 10.2 Å². The summed E-state index contributed by atoms with van der Waals surface area (Å²) in [5.74, 6) is 0. The van der Waals surface area contributed by atoms with Gasteiger partial charge in [0.05, 0.1) is 37.5 Å². The van der Waals surface area contributed by atoms with E-state index in [0.29, 0.717) is 0 Å². The van der Waals surface area contributed by atoms with Gasteiger partial charge in [-0.1, -0.05) is 10.2 Å². The van der Waals surface area contributed by atoms with Crippen LogP contribution in [0, 0.1) is 13.8 Å². The lowest BCUT2D eigenvalue weighted by atomic mass is 10.1. The minimum absolute atomic E-state index is 0.0571. The summed E-state index contributed by atoms with van der Waals surface area (Å²) in [5.41, 5.74) is 14.4.